The maximum absolute atomic E-state index is 11.9. The molecule has 18 heavy (non-hydrogen) atoms. The fraction of sp³-hybridized carbons (Fsp3) is 0.462. The lowest BCUT2D eigenvalue weighted by molar-refractivity contribution is -0.384. The van der Waals surface area contributed by atoms with Gasteiger partial charge in [-0.3, -0.25) is 14.9 Å². The fourth-order valence-corrected chi connectivity index (χ4v) is 1.54. The van der Waals surface area contributed by atoms with Crippen molar-refractivity contribution >= 4 is 17.3 Å². The van der Waals surface area contributed by atoms with E-state index >= 15 is 0 Å². The predicted molar refractivity (Wildman–Crippen MR) is 70.7 cm³/mol. The SMILES string of the molecule is Cc1cc([N+](=O)[O-])cc(C)c1NC(=O)C(C)(C)C. The quantitative estimate of drug-likeness (QED) is 0.647. The summed E-state index contributed by atoms with van der Waals surface area (Å²) >= 11 is 0. The van der Waals surface area contributed by atoms with Gasteiger partial charge in [0.1, 0.15) is 0 Å². The number of amides is 1. The van der Waals surface area contributed by atoms with Crippen molar-refractivity contribution in [1.29, 1.82) is 0 Å². The van der Waals surface area contributed by atoms with Gasteiger partial charge in [-0.1, -0.05) is 20.8 Å². The molecule has 1 aromatic rings. The van der Waals surface area contributed by atoms with Crippen molar-refractivity contribution in [3.8, 4) is 0 Å². The Hall–Kier alpha value is -1.91. The van der Waals surface area contributed by atoms with Crippen molar-refractivity contribution in [1.82, 2.24) is 0 Å². The molecule has 0 saturated heterocycles. The van der Waals surface area contributed by atoms with E-state index in [0.717, 1.165) is 0 Å². The van der Waals surface area contributed by atoms with Gasteiger partial charge in [0.15, 0.2) is 0 Å². The molecule has 0 aliphatic carbocycles. The van der Waals surface area contributed by atoms with Crippen LogP contribution in [0.15, 0.2) is 12.1 Å². The fourth-order valence-electron chi connectivity index (χ4n) is 1.54. The van der Waals surface area contributed by atoms with E-state index < -0.39 is 10.3 Å². The van der Waals surface area contributed by atoms with E-state index in [1.54, 1.807) is 13.8 Å². The van der Waals surface area contributed by atoms with Crippen LogP contribution < -0.4 is 5.32 Å². The number of anilines is 1. The number of nitrogens with one attached hydrogen (secondary N) is 1. The first kappa shape index (κ1) is 14.2. The summed E-state index contributed by atoms with van der Waals surface area (Å²) in [6, 6.07) is 2.93. The van der Waals surface area contributed by atoms with Gasteiger partial charge < -0.3 is 5.32 Å². The normalized spacial score (nSPS) is 11.2. The lowest BCUT2D eigenvalue weighted by Gasteiger charge is -2.19. The zero-order valence-electron chi connectivity index (χ0n) is 11.3. The molecule has 0 atom stereocenters. The minimum absolute atomic E-state index is 0.0405. The van der Waals surface area contributed by atoms with E-state index in [9.17, 15) is 14.9 Å². The molecule has 0 aromatic heterocycles. The first-order valence-electron chi connectivity index (χ1n) is 5.70. The molecule has 5 nitrogen and oxygen atoms in total. The minimum Gasteiger partial charge on any atom is -0.325 e. The van der Waals surface area contributed by atoms with Crippen LogP contribution in [0.25, 0.3) is 0 Å². The Labute approximate surface area is 106 Å². The Balaban J connectivity index is 3.12. The number of nitro benzene ring substituents is 1. The van der Waals surface area contributed by atoms with Crippen LogP contribution in [0.3, 0.4) is 0 Å². The third-order valence-corrected chi connectivity index (χ3v) is 2.65. The summed E-state index contributed by atoms with van der Waals surface area (Å²) in [4.78, 5) is 22.2. The van der Waals surface area contributed by atoms with Gasteiger partial charge >= 0.3 is 0 Å². The molecule has 0 fully saturated rings. The van der Waals surface area contributed by atoms with Gasteiger partial charge in [-0.25, -0.2) is 0 Å². The third-order valence-electron chi connectivity index (χ3n) is 2.65. The number of carbonyl (C=O) groups excluding carboxylic acids is 1. The predicted octanol–water partition coefficient (Wildman–Crippen LogP) is 3.20. The zero-order valence-corrected chi connectivity index (χ0v) is 11.3. The number of non-ortho nitro benzene ring substituents is 1. The van der Waals surface area contributed by atoms with Crippen molar-refractivity contribution < 1.29 is 9.72 Å². The van der Waals surface area contributed by atoms with Crippen molar-refractivity contribution in [2.75, 3.05) is 5.32 Å². The monoisotopic (exact) mass is 250 g/mol. The smallest absolute Gasteiger partial charge is 0.270 e. The van der Waals surface area contributed by atoms with Crippen molar-refractivity contribution in [2.45, 2.75) is 34.6 Å². The molecule has 0 bridgehead atoms. The van der Waals surface area contributed by atoms with Gasteiger partial charge in [0.25, 0.3) is 5.69 Å². The number of hydrogen-bond acceptors (Lipinski definition) is 3. The molecule has 1 aromatic carbocycles. The highest BCUT2D eigenvalue weighted by atomic mass is 16.6. The largest absolute Gasteiger partial charge is 0.325 e. The molecule has 1 N–H and O–H groups in total. The number of carbonyl (C=O) groups is 1. The van der Waals surface area contributed by atoms with Gasteiger partial charge in [0.05, 0.1) is 4.92 Å². The Bertz CT molecular complexity index is 478. The summed E-state index contributed by atoms with van der Waals surface area (Å²) in [6.07, 6.45) is 0. The second kappa shape index (κ2) is 4.76. The number of hydrogen-bond donors (Lipinski definition) is 1. The Morgan fingerprint density at radius 3 is 2.00 bits per heavy atom. The maximum Gasteiger partial charge on any atom is 0.270 e. The molecule has 0 unspecified atom stereocenters. The zero-order chi connectivity index (χ0) is 14.1. The van der Waals surface area contributed by atoms with Crippen LogP contribution in [-0.4, -0.2) is 10.8 Å². The Morgan fingerprint density at radius 1 is 1.22 bits per heavy atom. The lowest BCUT2D eigenvalue weighted by Crippen LogP contribution is -2.28. The summed E-state index contributed by atoms with van der Waals surface area (Å²) in [5.41, 5.74) is 1.58. The molecule has 0 aliphatic rings. The number of benzene rings is 1. The Morgan fingerprint density at radius 2 is 1.67 bits per heavy atom. The molecule has 0 heterocycles. The second-order valence-electron chi connectivity index (χ2n) is 5.42. The third kappa shape index (κ3) is 3.06. The van der Waals surface area contributed by atoms with E-state index in [2.05, 4.69) is 5.32 Å². The van der Waals surface area contributed by atoms with Gasteiger partial charge in [0.2, 0.25) is 5.91 Å². The van der Waals surface area contributed by atoms with Crippen LogP contribution in [0.4, 0.5) is 11.4 Å². The molecule has 0 spiro atoms. The van der Waals surface area contributed by atoms with Crippen molar-refractivity contribution in [2.24, 2.45) is 5.41 Å². The molecule has 0 radical (unpaired) electrons. The molecular formula is C13H18N2O3. The molecule has 1 amide bonds. The average molecular weight is 250 g/mol. The van der Waals surface area contributed by atoms with E-state index in [4.69, 9.17) is 0 Å². The molecule has 0 aliphatic heterocycles. The Kier molecular flexibility index (Phi) is 3.74. The van der Waals surface area contributed by atoms with Crippen LogP contribution >= 0.6 is 0 Å². The van der Waals surface area contributed by atoms with Crippen LogP contribution in [-0.2, 0) is 4.79 Å². The van der Waals surface area contributed by atoms with E-state index in [1.165, 1.54) is 12.1 Å². The molecule has 98 valence electrons. The van der Waals surface area contributed by atoms with Crippen molar-refractivity contribution in [3.05, 3.63) is 33.4 Å². The van der Waals surface area contributed by atoms with E-state index in [0.29, 0.717) is 16.8 Å². The highest BCUT2D eigenvalue weighted by molar-refractivity contribution is 5.96. The number of nitrogens with zero attached hydrogens (tertiary/aromatic N) is 1. The van der Waals surface area contributed by atoms with Gasteiger partial charge in [-0.15, -0.1) is 0 Å². The summed E-state index contributed by atoms with van der Waals surface area (Å²) < 4.78 is 0. The van der Waals surface area contributed by atoms with Gasteiger partial charge in [-0.2, -0.15) is 0 Å². The lowest BCUT2D eigenvalue weighted by atomic mass is 9.95. The maximum atomic E-state index is 11.9. The van der Waals surface area contributed by atoms with Crippen LogP contribution in [0.1, 0.15) is 31.9 Å². The van der Waals surface area contributed by atoms with Gasteiger partial charge in [0, 0.05) is 23.2 Å². The topological polar surface area (TPSA) is 72.2 Å². The van der Waals surface area contributed by atoms with E-state index in [1.807, 2.05) is 20.8 Å². The summed E-state index contributed by atoms with van der Waals surface area (Å²) in [5, 5.41) is 13.5. The highest BCUT2D eigenvalue weighted by Gasteiger charge is 2.23. The summed E-state index contributed by atoms with van der Waals surface area (Å²) in [5.74, 6) is -0.109. The van der Waals surface area contributed by atoms with Crippen molar-refractivity contribution in [3.63, 3.8) is 0 Å². The minimum atomic E-state index is -0.499. The first-order valence-corrected chi connectivity index (χ1v) is 5.70. The second-order valence-corrected chi connectivity index (χ2v) is 5.42. The molecule has 0 saturated carbocycles. The summed E-state index contributed by atoms with van der Waals surface area (Å²) in [7, 11) is 0. The standard InChI is InChI=1S/C13H18N2O3/c1-8-6-10(15(17)18)7-9(2)11(8)14-12(16)13(3,4)5/h6-7H,1-5H3,(H,14,16). The molecule has 5 heteroatoms. The van der Waals surface area contributed by atoms with Crippen LogP contribution in [0.2, 0.25) is 0 Å². The van der Waals surface area contributed by atoms with Gasteiger partial charge in [-0.05, 0) is 25.0 Å². The highest BCUT2D eigenvalue weighted by Crippen LogP contribution is 2.27. The van der Waals surface area contributed by atoms with E-state index in [-0.39, 0.29) is 11.6 Å². The average Bonchev–Trinajstić information content (AvgIpc) is 2.21. The summed E-state index contributed by atoms with van der Waals surface area (Å²) in [6.45, 7) is 8.95. The van der Waals surface area contributed by atoms with Crippen LogP contribution in [0.5, 0.6) is 0 Å². The number of nitro groups is 1. The molecular weight excluding hydrogens is 232 g/mol. The first-order chi connectivity index (χ1) is 8.12. The van der Waals surface area contributed by atoms with Crippen LogP contribution in [0, 0.1) is 29.4 Å². The molecule has 1 rings (SSSR count). The number of rotatable bonds is 2. The number of aryl methyl sites for hydroxylation is 2.